The Morgan fingerprint density at radius 1 is 1.62 bits per heavy atom. The summed E-state index contributed by atoms with van der Waals surface area (Å²) in [5, 5.41) is 2.72. The number of carbonyl (C=O) groups is 1. The first-order valence-corrected chi connectivity index (χ1v) is 5.65. The second-order valence-electron chi connectivity index (χ2n) is 3.04. The molecule has 1 N–H and O–H groups in total. The Bertz CT molecular complexity index is 401. The highest BCUT2D eigenvalue weighted by molar-refractivity contribution is 9.10. The van der Waals surface area contributed by atoms with Gasteiger partial charge in [-0.1, -0.05) is 11.6 Å². The second-order valence-corrected chi connectivity index (χ2v) is 4.30. The summed E-state index contributed by atoms with van der Waals surface area (Å²) in [5.41, 5.74) is 0.371. The van der Waals surface area contributed by atoms with E-state index in [1.807, 2.05) is 0 Å². The van der Waals surface area contributed by atoms with Crippen molar-refractivity contribution < 1.29 is 13.9 Å². The number of halogens is 3. The van der Waals surface area contributed by atoms with E-state index in [4.69, 9.17) is 16.3 Å². The van der Waals surface area contributed by atoms with Crippen molar-refractivity contribution in [3.8, 4) is 0 Å². The maximum Gasteiger partial charge on any atom is 0.226 e. The van der Waals surface area contributed by atoms with Gasteiger partial charge in [0.25, 0.3) is 0 Å². The monoisotopic (exact) mass is 309 g/mol. The number of rotatable bonds is 4. The summed E-state index contributed by atoms with van der Waals surface area (Å²) < 4.78 is 18.0. The summed E-state index contributed by atoms with van der Waals surface area (Å²) >= 11 is 8.79. The molecule has 6 heteroatoms. The van der Waals surface area contributed by atoms with E-state index in [0.717, 1.165) is 6.07 Å². The molecule has 1 aromatic carbocycles. The van der Waals surface area contributed by atoms with Crippen LogP contribution in [0.25, 0.3) is 0 Å². The number of anilines is 1. The maximum absolute atomic E-state index is 13.0. The molecular weight excluding hydrogens is 300 g/mol. The predicted molar refractivity (Wildman–Crippen MR) is 64.2 cm³/mol. The number of benzene rings is 1. The molecule has 1 rings (SSSR count). The molecule has 0 radical (unpaired) electrons. The first-order chi connectivity index (χ1) is 7.54. The lowest BCUT2D eigenvalue weighted by Crippen LogP contribution is -2.14. The van der Waals surface area contributed by atoms with Gasteiger partial charge in [-0.3, -0.25) is 4.79 Å². The van der Waals surface area contributed by atoms with Gasteiger partial charge in [-0.25, -0.2) is 4.39 Å². The molecule has 1 aromatic rings. The molecule has 88 valence electrons. The van der Waals surface area contributed by atoms with Crippen LogP contribution in [0.3, 0.4) is 0 Å². The molecule has 0 aliphatic carbocycles. The smallest absolute Gasteiger partial charge is 0.226 e. The van der Waals surface area contributed by atoms with E-state index in [0.29, 0.717) is 12.3 Å². The standard InChI is InChI=1S/C10H10BrClFNO2/c1-16-3-2-10(15)14-9-4-6(11)8(13)5-7(9)12/h4-5H,2-3H2,1H3,(H,14,15). The van der Waals surface area contributed by atoms with Gasteiger partial charge in [0.05, 0.1) is 28.2 Å². The van der Waals surface area contributed by atoms with Crippen molar-refractivity contribution in [1.29, 1.82) is 0 Å². The molecule has 0 aliphatic heterocycles. The lowest BCUT2D eigenvalue weighted by molar-refractivity contribution is -0.117. The molecule has 0 fully saturated rings. The highest BCUT2D eigenvalue weighted by Crippen LogP contribution is 2.28. The molecule has 3 nitrogen and oxygen atoms in total. The van der Waals surface area contributed by atoms with Gasteiger partial charge in [0.2, 0.25) is 5.91 Å². The van der Waals surface area contributed by atoms with Gasteiger partial charge in [-0.15, -0.1) is 0 Å². The topological polar surface area (TPSA) is 38.3 Å². The first-order valence-electron chi connectivity index (χ1n) is 4.48. The Labute approximate surface area is 106 Å². The van der Waals surface area contributed by atoms with Crippen molar-refractivity contribution in [2.24, 2.45) is 0 Å². The normalized spacial score (nSPS) is 10.2. The molecule has 0 bridgehead atoms. The van der Waals surface area contributed by atoms with E-state index in [1.54, 1.807) is 0 Å². The molecule has 16 heavy (non-hydrogen) atoms. The Morgan fingerprint density at radius 2 is 2.31 bits per heavy atom. The van der Waals surface area contributed by atoms with Crippen molar-refractivity contribution in [3.63, 3.8) is 0 Å². The molecule has 0 saturated carbocycles. The van der Waals surface area contributed by atoms with E-state index in [-0.39, 0.29) is 21.8 Å². The molecule has 0 spiro atoms. The number of ether oxygens (including phenoxy) is 1. The Balaban J connectivity index is 2.73. The summed E-state index contributed by atoms with van der Waals surface area (Å²) in [6.45, 7) is 0.325. The van der Waals surface area contributed by atoms with Crippen LogP contribution in [0.2, 0.25) is 5.02 Å². The number of amides is 1. The summed E-state index contributed by atoms with van der Waals surface area (Å²) in [6.07, 6.45) is 0.224. The van der Waals surface area contributed by atoms with Crippen molar-refractivity contribution in [3.05, 3.63) is 27.4 Å². The average molecular weight is 311 g/mol. The number of hydrogen-bond donors (Lipinski definition) is 1. The van der Waals surface area contributed by atoms with Gasteiger partial charge in [-0.2, -0.15) is 0 Å². The van der Waals surface area contributed by atoms with Gasteiger partial charge in [0.1, 0.15) is 5.82 Å². The Kier molecular flexibility index (Phi) is 5.18. The minimum atomic E-state index is -0.472. The minimum Gasteiger partial charge on any atom is -0.384 e. The third-order valence-electron chi connectivity index (χ3n) is 1.82. The lowest BCUT2D eigenvalue weighted by Gasteiger charge is -2.08. The van der Waals surface area contributed by atoms with E-state index in [1.165, 1.54) is 13.2 Å². The van der Waals surface area contributed by atoms with E-state index >= 15 is 0 Å². The van der Waals surface area contributed by atoms with Gasteiger partial charge in [0.15, 0.2) is 0 Å². The molecular formula is C10H10BrClFNO2. The molecule has 0 unspecified atom stereocenters. The van der Waals surface area contributed by atoms with Gasteiger partial charge in [0, 0.05) is 7.11 Å². The summed E-state index contributed by atoms with van der Waals surface area (Å²) in [7, 11) is 1.51. The van der Waals surface area contributed by atoms with Crippen molar-refractivity contribution in [2.75, 3.05) is 19.0 Å². The van der Waals surface area contributed by atoms with Crippen LogP contribution in [0.4, 0.5) is 10.1 Å². The third kappa shape index (κ3) is 3.73. The minimum absolute atomic E-state index is 0.159. The van der Waals surface area contributed by atoms with E-state index in [9.17, 15) is 9.18 Å². The van der Waals surface area contributed by atoms with Gasteiger partial charge < -0.3 is 10.1 Å². The molecule has 0 aromatic heterocycles. The van der Waals surface area contributed by atoms with Crippen LogP contribution in [0.15, 0.2) is 16.6 Å². The Hall–Kier alpha value is -0.650. The fourth-order valence-corrected chi connectivity index (χ4v) is 1.57. The lowest BCUT2D eigenvalue weighted by atomic mass is 10.3. The van der Waals surface area contributed by atoms with Crippen molar-refractivity contribution in [2.45, 2.75) is 6.42 Å². The molecule has 0 aliphatic rings. The highest BCUT2D eigenvalue weighted by Gasteiger charge is 2.09. The van der Waals surface area contributed by atoms with Crippen LogP contribution in [0.1, 0.15) is 6.42 Å². The summed E-state index contributed by atoms with van der Waals surface area (Å²) in [5.74, 6) is -0.706. The van der Waals surface area contributed by atoms with Crippen LogP contribution in [-0.4, -0.2) is 19.6 Å². The molecule has 0 heterocycles. The quantitative estimate of drug-likeness (QED) is 0.867. The van der Waals surface area contributed by atoms with Crippen LogP contribution in [0.5, 0.6) is 0 Å². The maximum atomic E-state index is 13.0. The fraction of sp³-hybridized carbons (Fsp3) is 0.300. The second kappa shape index (κ2) is 6.18. The van der Waals surface area contributed by atoms with Gasteiger partial charge >= 0.3 is 0 Å². The zero-order valence-electron chi connectivity index (χ0n) is 8.52. The third-order valence-corrected chi connectivity index (χ3v) is 2.74. The fourth-order valence-electron chi connectivity index (χ4n) is 1.03. The number of nitrogens with one attached hydrogen (secondary N) is 1. The summed E-state index contributed by atoms with van der Waals surface area (Å²) in [4.78, 5) is 11.4. The van der Waals surface area contributed by atoms with Crippen LogP contribution < -0.4 is 5.32 Å². The number of carbonyl (C=O) groups excluding carboxylic acids is 1. The predicted octanol–water partition coefficient (Wildman–Crippen LogP) is 3.22. The zero-order chi connectivity index (χ0) is 12.1. The summed E-state index contributed by atoms with van der Waals surface area (Å²) in [6, 6.07) is 2.56. The number of methoxy groups -OCH3 is 1. The van der Waals surface area contributed by atoms with Crippen LogP contribution in [0, 0.1) is 5.82 Å². The zero-order valence-corrected chi connectivity index (χ0v) is 10.9. The Morgan fingerprint density at radius 3 is 2.94 bits per heavy atom. The van der Waals surface area contributed by atoms with Crippen molar-refractivity contribution in [1.82, 2.24) is 0 Å². The van der Waals surface area contributed by atoms with Crippen LogP contribution >= 0.6 is 27.5 Å². The highest BCUT2D eigenvalue weighted by atomic mass is 79.9. The first kappa shape index (κ1) is 13.4. The largest absolute Gasteiger partial charge is 0.384 e. The molecule has 0 saturated heterocycles. The van der Waals surface area contributed by atoms with Crippen LogP contribution in [-0.2, 0) is 9.53 Å². The van der Waals surface area contributed by atoms with E-state index < -0.39 is 5.82 Å². The van der Waals surface area contributed by atoms with Gasteiger partial charge in [-0.05, 0) is 28.1 Å². The average Bonchev–Trinajstić information content (AvgIpc) is 2.23. The van der Waals surface area contributed by atoms with Crippen molar-refractivity contribution >= 4 is 39.1 Å². The number of hydrogen-bond acceptors (Lipinski definition) is 2. The molecule has 0 atom stereocenters. The van der Waals surface area contributed by atoms with E-state index in [2.05, 4.69) is 21.2 Å². The molecule has 1 amide bonds. The SMILES string of the molecule is COCCC(=O)Nc1cc(Br)c(F)cc1Cl.